The van der Waals surface area contributed by atoms with E-state index in [9.17, 15) is 25.3 Å². The summed E-state index contributed by atoms with van der Waals surface area (Å²) in [5.41, 5.74) is 8.66. The zero-order valence-electron chi connectivity index (χ0n) is 40.7. The maximum absolute atomic E-state index is 14.7. The van der Waals surface area contributed by atoms with Crippen molar-refractivity contribution in [3.63, 3.8) is 0 Å². The minimum Gasteiger partial charge on any atom is -0.207 e. The van der Waals surface area contributed by atoms with E-state index in [1.54, 1.807) is 24.3 Å². The Labute approximate surface area is 391 Å². The quantitative estimate of drug-likeness (QED) is 0.0799. The Bertz CT molecular complexity index is 2580. The molecule has 0 fully saturated rings. The Kier molecular flexibility index (Phi) is 16.9. The summed E-state index contributed by atoms with van der Waals surface area (Å²) in [5.74, 6) is 0.260. The maximum Gasteiger partial charge on any atom is 0.243 e. The molecule has 0 radical (unpaired) electrons. The maximum atomic E-state index is 14.7. The molecule has 65 heavy (non-hydrogen) atoms. The third-order valence-corrected chi connectivity index (χ3v) is 17.1. The van der Waals surface area contributed by atoms with Crippen LogP contribution in [0.15, 0.2) is 112 Å². The summed E-state index contributed by atoms with van der Waals surface area (Å²) in [6.07, 6.45) is 0. The van der Waals surface area contributed by atoms with E-state index in [1.807, 2.05) is 135 Å². The van der Waals surface area contributed by atoms with Crippen molar-refractivity contribution in [2.24, 2.45) is 0 Å². The van der Waals surface area contributed by atoms with Crippen LogP contribution in [0.4, 0.5) is 0 Å². The van der Waals surface area contributed by atoms with Gasteiger partial charge in [0.15, 0.2) is 0 Å². The van der Waals surface area contributed by atoms with E-state index in [0.717, 1.165) is 38.9 Å². The van der Waals surface area contributed by atoms with Gasteiger partial charge in [-0.05, 0) is 110 Å². The fourth-order valence-corrected chi connectivity index (χ4v) is 12.9. The van der Waals surface area contributed by atoms with Crippen LogP contribution in [0, 0.1) is 6.92 Å². The number of aryl methyl sites for hydroxylation is 1. The molecule has 0 aliphatic heterocycles. The van der Waals surface area contributed by atoms with Gasteiger partial charge in [-0.3, -0.25) is 0 Å². The summed E-state index contributed by atoms with van der Waals surface area (Å²) >= 11 is 0. The highest BCUT2D eigenvalue weighted by molar-refractivity contribution is 7.90. The van der Waals surface area contributed by atoms with Gasteiger partial charge in [0.1, 0.15) is 0 Å². The van der Waals surface area contributed by atoms with Gasteiger partial charge in [0.25, 0.3) is 0 Å². The second-order valence-electron chi connectivity index (χ2n) is 19.3. The summed E-state index contributed by atoms with van der Waals surface area (Å²) in [5, 5.41) is 0. The number of nitrogens with one attached hydrogen (secondary N) is 2. The first-order valence-electron chi connectivity index (χ1n) is 22.9. The highest BCUT2D eigenvalue weighted by Crippen LogP contribution is 2.37. The van der Waals surface area contributed by atoms with E-state index >= 15 is 0 Å². The van der Waals surface area contributed by atoms with Gasteiger partial charge < -0.3 is 0 Å². The Morgan fingerprint density at radius 3 is 1.03 bits per heavy atom. The molecule has 0 aromatic heterocycles. The molecular weight excluding hydrogens is 871 g/mol. The van der Waals surface area contributed by atoms with Gasteiger partial charge in [-0.15, -0.1) is 0 Å². The van der Waals surface area contributed by atoms with Gasteiger partial charge in [-0.25, -0.2) is 34.7 Å². The lowest BCUT2D eigenvalue weighted by atomic mass is 9.89. The molecule has 0 unspecified atom stereocenters. The lowest BCUT2D eigenvalue weighted by molar-refractivity contribution is 0.398. The van der Waals surface area contributed by atoms with Gasteiger partial charge in [-0.1, -0.05) is 174 Å². The zero-order valence-corrected chi connectivity index (χ0v) is 43.1. The molecule has 2 N–H and O–H groups in total. The number of sulfonamides is 3. The van der Waals surface area contributed by atoms with E-state index < -0.39 is 30.1 Å². The van der Waals surface area contributed by atoms with Gasteiger partial charge in [0.05, 0.1) is 14.7 Å². The van der Waals surface area contributed by atoms with Gasteiger partial charge in [-0.2, -0.15) is 4.31 Å². The van der Waals surface area contributed by atoms with Crippen molar-refractivity contribution in [3.05, 3.63) is 158 Å². The summed E-state index contributed by atoms with van der Waals surface area (Å²) in [6, 6.07) is 29.3. The van der Waals surface area contributed by atoms with Crippen molar-refractivity contribution in [2.75, 3.05) is 0 Å². The third-order valence-electron chi connectivity index (χ3n) is 12.2. The van der Waals surface area contributed by atoms with Crippen molar-refractivity contribution >= 4 is 30.1 Å². The van der Waals surface area contributed by atoms with Crippen LogP contribution in [0.3, 0.4) is 0 Å². The molecule has 9 nitrogen and oxygen atoms in total. The van der Waals surface area contributed by atoms with Crippen molar-refractivity contribution in [3.8, 4) is 0 Å². The minimum atomic E-state index is -4.15. The summed E-state index contributed by atoms with van der Waals surface area (Å²) in [7, 11) is -12.2. The van der Waals surface area contributed by atoms with Crippen LogP contribution in [0.25, 0.3) is 0 Å². The number of rotatable bonds is 20. The first-order chi connectivity index (χ1) is 30.3. The SMILES string of the molecule is Cc1ccc(S(=O)(=O)N(Cc2ccccc2CNS(=O)(=O)c2c(C(C)C)cc(C(C)C)cc2C(C)C)Cc2ccccc2CNS(=O)(=O)c2c(C(C)C)cc(C(C)C)cc2C(C)C)cc1. The molecule has 352 valence electrons. The molecule has 5 aromatic rings. The van der Waals surface area contributed by atoms with Crippen molar-refractivity contribution in [2.45, 2.75) is 166 Å². The molecule has 0 saturated heterocycles. The molecule has 0 heterocycles. The second kappa shape index (κ2) is 21.2. The number of nitrogens with zero attached hydrogens (tertiary/aromatic N) is 1. The van der Waals surface area contributed by atoms with Gasteiger partial charge in [0.2, 0.25) is 30.1 Å². The molecule has 0 saturated carbocycles. The van der Waals surface area contributed by atoms with Gasteiger partial charge in [0, 0.05) is 26.2 Å². The van der Waals surface area contributed by atoms with Crippen LogP contribution in [0.1, 0.15) is 180 Å². The Hall–Kier alpha value is -4.17. The molecular formula is C53H71N3O6S3. The predicted octanol–water partition coefficient (Wildman–Crippen LogP) is 12.1. The van der Waals surface area contributed by atoms with Crippen molar-refractivity contribution < 1.29 is 25.3 Å². The summed E-state index contributed by atoms with van der Waals surface area (Å²) < 4.78 is 94.3. The van der Waals surface area contributed by atoms with Crippen LogP contribution in [-0.4, -0.2) is 29.6 Å². The second-order valence-corrected chi connectivity index (χ2v) is 24.6. The largest absolute Gasteiger partial charge is 0.243 e. The average Bonchev–Trinajstić information content (AvgIpc) is 3.24. The fourth-order valence-electron chi connectivity index (χ4n) is 8.12. The van der Waals surface area contributed by atoms with Crippen LogP contribution in [0.5, 0.6) is 0 Å². The van der Waals surface area contributed by atoms with E-state index in [0.29, 0.717) is 32.0 Å². The lowest BCUT2D eigenvalue weighted by Gasteiger charge is -2.26. The zero-order chi connectivity index (χ0) is 48.2. The van der Waals surface area contributed by atoms with Crippen LogP contribution < -0.4 is 9.44 Å². The van der Waals surface area contributed by atoms with Crippen LogP contribution in [-0.2, 0) is 56.2 Å². The number of hydrogen-bond donors (Lipinski definition) is 2. The molecule has 0 aliphatic carbocycles. The Morgan fingerprint density at radius 1 is 0.431 bits per heavy atom. The Morgan fingerprint density at radius 2 is 0.738 bits per heavy atom. The van der Waals surface area contributed by atoms with Crippen molar-refractivity contribution in [1.82, 2.24) is 13.7 Å². The first-order valence-corrected chi connectivity index (χ1v) is 27.3. The van der Waals surface area contributed by atoms with Crippen LogP contribution in [0.2, 0.25) is 0 Å². The molecule has 0 spiro atoms. The van der Waals surface area contributed by atoms with Gasteiger partial charge >= 0.3 is 0 Å². The van der Waals surface area contributed by atoms with E-state index in [1.165, 1.54) is 4.31 Å². The molecule has 0 aliphatic rings. The monoisotopic (exact) mass is 941 g/mol. The lowest BCUT2D eigenvalue weighted by Crippen LogP contribution is -2.32. The van der Waals surface area contributed by atoms with E-state index in [-0.39, 0.29) is 66.6 Å². The van der Waals surface area contributed by atoms with E-state index in [4.69, 9.17) is 0 Å². The standard InChI is InChI=1S/C53H71N3O6S3/c1-34(2)45-26-48(36(5)6)52(49(27-45)37(7)8)63(57,58)54-30-41-18-14-16-20-43(41)32-56(65(61,62)47-24-22-40(13)23-25-47)33-44-21-17-15-19-42(44)31-55-64(59,60)53-50(38(9)10)28-46(35(3)4)29-51(53)39(11)12/h14-29,34-39,54-55H,30-33H2,1-13H3. The third kappa shape index (κ3) is 12.2. The van der Waals surface area contributed by atoms with E-state index in [2.05, 4.69) is 37.1 Å². The van der Waals surface area contributed by atoms with Crippen LogP contribution >= 0.6 is 0 Å². The average molecular weight is 942 g/mol. The number of benzene rings is 5. The fraction of sp³-hybridized carbons (Fsp3) is 0.434. The molecule has 12 heteroatoms. The normalized spacial score (nSPS) is 12.9. The molecule has 5 aromatic carbocycles. The number of hydrogen-bond acceptors (Lipinski definition) is 6. The Balaban J connectivity index is 1.52. The molecule has 0 bridgehead atoms. The molecule has 0 amide bonds. The summed E-state index contributed by atoms with van der Waals surface area (Å²) in [4.78, 5) is 0.709. The predicted molar refractivity (Wildman–Crippen MR) is 266 cm³/mol. The summed E-state index contributed by atoms with van der Waals surface area (Å²) in [6.45, 7) is 26.1. The topological polar surface area (TPSA) is 130 Å². The highest BCUT2D eigenvalue weighted by atomic mass is 32.2. The molecule has 5 rings (SSSR count). The highest BCUT2D eigenvalue weighted by Gasteiger charge is 2.31. The van der Waals surface area contributed by atoms with Crippen molar-refractivity contribution in [1.29, 1.82) is 0 Å². The smallest absolute Gasteiger partial charge is 0.207 e. The first kappa shape index (κ1) is 51.8. The molecule has 0 atom stereocenters. The minimum absolute atomic E-state index is 0.0462.